The van der Waals surface area contributed by atoms with Crippen molar-refractivity contribution in [2.24, 2.45) is 0 Å². The quantitative estimate of drug-likeness (QED) is 0.434. The van der Waals surface area contributed by atoms with Crippen LogP contribution in [-0.4, -0.2) is 29.4 Å². The Morgan fingerprint density at radius 1 is 1.14 bits per heavy atom. The third kappa shape index (κ3) is 15.4. The maximum absolute atomic E-state index is 11.4. The predicted molar refractivity (Wildman–Crippen MR) is 92.0 cm³/mol. The summed E-state index contributed by atoms with van der Waals surface area (Å²) in [5.41, 5.74) is -0.512. The Morgan fingerprint density at radius 3 is 2.32 bits per heavy atom. The Morgan fingerprint density at radius 2 is 1.73 bits per heavy atom. The second-order valence-electron chi connectivity index (χ2n) is 6.79. The lowest BCUT2D eigenvalue weighted by atomic mass is 10.1. The van der Waals surface area contributed by atoms with Crippen LogP contribution in [0.15, 0.2) is 12.2 Å². The first kappa shape index (κ1) is 21.0. The Hall–Kier alpha value is -1.03. The van der Waals surface area contributed by atoms with E-state index in [2.05, 4.69) is 12.2 Å². The highest BCUT2D eigenvalue weighted by Crippen LogP contribution is 2.09. The number of ether oxygens (including phenoxy) is 1. The lowest BCUT2D eigenvalue weighted by Gasteiger charge is -2.20. The van der Waals surface area contributed by atoms with E-state index in [-0.39, 0.29) is 6.54 Å². The van der Waals surface area contributed by atoms with E-state index in [0.717, 1.165) is 12.8 Å². The van der Waals surface area contributed by atoms with Gasteiger partial charge in [0.15, 0.2) is 0 Å². The van der Waals surface area contributed by atoms with Crippen molar-refractivity contribution in [2.75, 3.05) is 6.54 Å². The molecule has 4 nitrogen and oxygen atoms in total. The monoisotopic (exact) mass is 313 g/mol. The van der Waals surface area contributed by atoms with E-state index < -0.39 is 17.8 Å². The zero-order valence-electron chi connectivity index (χ0n) is 14.9. The van der Waals surface area contributed by atoms with E-state index in [0.29, 0.717) is 0 Å². The first-order valence-corrected chi connectivity index (χ1v) is 8.66. The van der Waals surface area contributed by atoms with Crippen LogP contribution < -0.4 is 5.32 Å². The molecule has 0 bridgehead atoms. The van der Waals surface area contributed by atoms with Gasteiger partial charge in [0.05, 0.1) is 12.6 Å². The summed E-state index contributed by atoms with van der Waals surface area (Å²) >= 11 is 0. The molecule has 0 rings (SSSR count). The van der Waals surface area contributed by atoms with E-state index in [1.54, 1.807) is 6.08 Å². The van der Waals surface area contributed by atoms with Crippen LogP contribution in [0.2, 0.25) is 0 Å². The Bertz CT molecular complexity index is 308. The molecule has 0 aromatic carbocycles. The summed E-state index contributed by atoms with van der Waals surface area (Å²) in [7, 11) is 0. The molecule has 1 atom stereocenters. The molecule has 0 saturated heterocycles. The minimum absolute atomic E-state index is 0.183. The topological polar surface area (TPSA) is 58.6 Å². The fourth-order valence-electron chi connectivity index (χ4n) is 2.04. The molecule has 130 valence electrons. The van der Waals surface area contributed by atoms with Gasteiger partial charge in [-0.05, 0) is 33.6 Å². The predicted octanol–water partition coefficient (Wildman–Crippen LogP) is 4.57. The highest BCUT2D eigenvalue weighted by molar-refractivity contribution is 5.67. The van der Waals surface area contributed by atoms with Crippen LogP contribution in [0, 0.1) is 0 Å². The fourth-order valence-corrected chi connectivity index (χ4v) is 2.04. The number of rotatable bonds is 11. The van der Waals surface area contributed by atoms with Gasteiger partial charge >= 0.3 is 6.09 Å². The molecule has 2 N–H and O–H groups in total. The number of aliphatic hydroxyl groups is 1. The fraction of sp³-hybridized carbons (Fsp3) is 0.833. The van der Waals surface area contributed by atoms with Crippen molar-refractivity contribution >= 4 is 6.09 Å². The van der Waals surface area contributed by atoms with Crippen molar-refractivity contribution in [1.82, 2.24) is 5.32 Å². The minimum atomic E-state index is -0.655. The van der Waals surface area contributed by atoms with E-state index in [1.807, 2.05) is 26.8 Å². The molecule has 4 heteroatoms. The first-order chi connectivity index (χ1) is 10.3. The van der Waals surface area contributed by atoms with Gasteiger partial charge in [-0.1, -0.05) is 57.6 Å². The molecule has 0 aromatic heterocycles. The number of allylic oxidation sites excluding steroid dienone is 1. The number of hydrogen-bond acceptors (Lipinski definition) is 3. The number of alkyl carbamates (subject to hydrolysis) is 1. The Balaban J connectivity index is 3.54. The molecule has 1 amide bonds. The molecule has 0 fully saturated rings. The summed E-state index contributed by atoms with van der Waals surface area (Å²) in [5.74, 6) is 0. The average Bonchev–Trinajstić information content (AvgIpc) is 2.41. The van der Waals surface area contributed by atoms with Crippen LogP contribution in [0.25, 0.3) is 0 Å². The van der Waals surface area contributed by atoms with Crippen molar-refractivity contribution in [1.29, 1.82) is 0 Å². The van der Waals surface area contributed by atoms with Crippen LogP contribution in [0.4, 0.5) is 4.79 Å². The number of carbonyl (C=O) groups excluding carboxylic acids is 1. The SMILES string of the molecule is CCCCCCCCC/C=C/[C@@H](O)CNC(=O)OC(C)(C)C. The van der Waals surface area contributed by atoms with Crippen molar-refractivity contribution in [2.45, 2.75) is 90.8 Å². The number of amides is 1. The molecule has 0 saturated carbocycles. The van der Waals surface area contributed by atoms with Crippen LogP contribution in [0.1, 0.15) is 79.1 Å². The number of aliphatic hydroxyl groups excluding tert-OH is 1. The number of hydrogen-bond donors (Lipinski definition) is 2. The molecule has 0 aromatic rings. The lowest BCUT2D eigenvalue weighted by Crippen LogP contribution is -2.36. The summed E-state index contributed by atoms with van der Waals surface area (Å²) in [4.78, 5) is 11.4. The van der Waals surface area contributed by atoms with Gasteiger partial charge in [0.2, 0.25) is 0 Å². The van der Waals surface area contributed by atoms with Crippen LogP contribution in [0.5, 0.6) is 0 Å². The number of carbonyl (C=O) groups is 1. The normalized spacial score (nSPS) is 13.3. The highest BCUT2D eigenvalue weighted by Gasteiger charge is 2.16. The van der Waals surface area contributed by atoms with Gasteiger partial charge in [-0.25, -0.2) is 4.79 Å². The van der Waals surface area contributed by atoms with E-state index in [1.165, 1.54) is 38.5 Å². The average molecular weight is 313 g/mol. The maximum Gasteiger partial charge on any atom is 0.407 e. The zero-order chi connectivity index (χ0) is 16.8. The molecule has 22 heavy (non-hydrogen) atoms. The van der Waals surface area contributed by atoms with Crippen molar-refractivity contribution < 1.29 is 14.6 Å². The Kier molecular flexibility index (Phi) is 11.9. The molecular formula is C18H35NO3. The molecule has 0 aliphatic heterocycles. The molecule has 0 unspecified atom stereocenters. The smallest absolute Gasteiger partial charge is 0.407 e. The minimum Gasteiger partial charge on any atom is -0.444 e. The number of unbranched alkanes of at least 4 members (excludes halogenated alkanes) is 7. The van der Waals surface area contributed by atoms with Gasteiger partial charge in [0.1, 0.15) is 5.60 Å². The first-order valence-electron chi connectivity index (χ1n) is 8.66. The summed E-state index contributed by atoms with van der Waals surface area (Å²) in [6, 6.07) is 0. The van der Waals surface area contributed by atoms with Gasteiger partial charge in [0.25, 0.3) is 0 Å². The lowest BCUT2D eigenvalue weighted by molar-refractivity contribution is 0.0505. The maximum atomic E-state index is 11.4. The van der Waals surface area contributed by atoms with Gasteiger partial charge in [-0.2, -0.15) is 0 Å². The van der Waals surface area contributed by atoms with Gasteiger partial charge in [-0.15, -0.1) is 0 Å². The standard InChI is InChI=1S/C18H35NO3/c1-5-6-7-8-9-10-11-12-13-14-16(20)15-19-17(21)22-18(2,3)4/h13-14,16,20H,5-12,15H2,1-4H3,(H,19,21)/b14-13+/t16-/m1/s1. The molecule has 0 aliphatic rings. The second-order valence-corrected chi connectivity index (χ2v) is 6.79. The largest absolute Gasteiger partial charge is 0.444 e. The third-order valence-electron chi connectivity index (χ3n) is 3.19. The van der Waals surface area contributed by atoms with Crippen LogP contribution in [0.3, 0.4) is 0 Å². The molecular weight excluding hydrogens is 278 g/mol. The Labute approximate surface area is 136 Å². The summed E-state index contributed by atoms with van der Waals surface area (Å²) in [5, 5.41) is 12.3. The van der Waals surface area contributed by atoms with Crippen molar-refractivity contribution in [3.8, 4) is 0 Å². The summed E-state index contributed by atoms with van der Waals surface area (Å²) in [6.07, 6.45) is 12.6. The molecule has 0 heterocycles. The second kappa shape index (κ2) is 12.5. The van der Waals surface area contributed by atoms with Gasteiger partial charge < -0.3 is 15.2 Å². The number of nitrogens with one attached hydrogen (secondary N) is 1. The van der Waals surface area contributed by atoms with Crippen LogP contribution >= 0.6 is 0 Å². The van der Waals surface area contributed by atoms with E-state index in [4.69, 9.17) is 4.74 Å². The third-order valence-corrected chi connectivity index (χ3v) is 3.19. The molecule has 0 spiro atoms. The van der Waals surface area contributed by atoms with Crippen LogP contribution in [-0.2, 0) is 4.74 Å². The molecule has 0 aliphatic carbocycles. The highest BCUT2D eigenvalue weighted by atomic mass is 16.6. The van der Waals surface area contributed by atoms with Crippen molar-refractivity contribution in [3.05, 3.63) is 12.2 Å². The van der Waals surface area contributed by atoms with E-state index in [9.17, 15) is 9.90 Å². The van der Waals surface area contributed by atoms with E-state index >= 15 is 0 Å². The summed E-state index contributed by atoms with van der Waals surface area (Å²) < 4.78 is 5.10. The zero-order valence-corrected chi connectivity index (χ0v) is 14.9. The van der Waals surface area contributed by atoms with Gasteiger partial charge in [0, 0.05) is 0 Å². The molecule has 0 radical (unpaired) electrons. The van der Waals surface area contributed by atoms with Crippen molar-refractivity contribution in [3.63, 3.8) is 0 Å². The summed E-state index contributed by atoms with van der Waals surface area (Å²) in [6.45, 7) is 7.84. The van der Waals surface area contributed by atoms with Gasteiger partial charge in [-0.3, -0.25) is 0 Å².